The van der Waals surface area contributed by atoms with E-state index in [-0.39, 0.29) is 35.2 Å². The number of carbonyl (C=O) groups is 2. The van der Waals surface area contributed by atoms with Crippen molar-refractivity contribution in [1.29, 1.82) is 0 Å². The highest BCUT2D eigenvalue weighted by molar-refractivity contribution is 5.97. The summed E-state index contributed by atoms with van der Waals surface area (Å²) < 4.78 is 1.63. The van der Waals surface area contributed by atoms with Gasteiger partial charge in [-0.1, -0.05) is 0 Å². The molecule has 0 saturated carbocycles. The van der Waals surface area contributed by atoms with Crippen LogP contribution in [-0.4, -0.2) is 60.9 Å². The number of H-pyrrole nitrogens is 1. The van der Waals surface area contributed by atoms with Gasteiger partial charge >= 0.3 is 0 Å². The zero-order chi connectivity index (χ0) is 19.0. The van der Waals surface area contributed by atoms with E-state index in [2.05, 4.69) is 20.1 Å². The number of aromatic nitrogens is 4. The van der Waals surface area contributed by atoms with Crippen LogP contribution in [0.15, 0.2) is 16.9 Å². The summed E-state index contributed by atoms with van der Waals surface area (Å²) in [7, 11) is 0. The Hall–Kier alpha value is -2.81. The molecule has 0 aliphatic carbocycles. The van der Waals surface area contributed by atoms with Gasteiger partial charge in [-0.15, -0.1) is 0 Å². The molecule has 9 nitrogen and oxygen atoms in total. The van der Waals surface area contributed by atoms with E-state index in [0.29, 0.717) is 25.5 Å². The largest absolute Gasteiger partial charge is 0.328 e. The minimum Gasteiger partial charge on any atom is -0.328 e. The molecule has 1 fully saturated rings. The first-order valence-corrected chi connectivity index (χ1v) is 9.19. The summed E-state index contributed by atoms with van der Waals surface area (Å²) in [5.74, 6) is 0.150. The number of carbonyl (C=O) groups excluding carboxylic acids is 2. The van der Waals surface area contributed by atoms with Crippen LogP contribution in [0.4, 0.5) is 0 Å². The molecule has 2 aliphatic rings. The van der Waals surface area contributed by atoms with Crippen LogP contribution >= 0.6 is 0 Å². The van der Waals surface area contributed by atoms with E-state index < -0.39 is 0 Å². The number of ketones is 1. The molecule has 4 heterocycles. The molecule has 1 amide bonds. The maximum absolute atomic E-state index is 12.7. The quantitative estimate of drug-likeness (QED) is 0.783. The standard InChI is InChI=1S/C18H22N6O3/c1-12(25)14-9-15(21-20-14)18(27)23-6-7-24-16(11-23)19-13(8-17(24)26)10-22-4-2-3-5-22/h8-9H,2-7,10-11H2,1H3,(H,20,21). The Bertz CT molecular complexity index is 941. The van der Waals surface area contributed by atoms with E-state index in [1.807, 2.05) is 0 Å². The lowest BCUT2D eigenvalue weighted by molar-refractivity contribution is 0.0697. The van der Waals surface area contributed by atoms with Gasteiger partial charge in [-0.2, -0.15) is 5.10 Å². The van der Waals surface area contributed by atoms with Gasteiger partial charge in [0.05, 0.1) is 12.2 Å². The van der Waals surface area contributed by atoms with Crippen molar-refractivity contribution in [3.8, 4) is 0 Å². The Labute approximate surface area is 156 Å². The first kappa shape index (κ1) is 17.6. The van der Waals surface area contributed by atoms with Gasteiger partial charge in [0, 0.05) is 32.6 Å². The predicted octanol–water partition coefficient (Wildman–Crippen LogP) is 0.421. The van der Waals surface area contributed by atoms with Crippen LogP contribution in [0, 0.1) is 0 Å². The normalized spacial score (nSPS) is 17.1. The fourth-order valence-corrected chi connectivity index (χ4v) is 3.64. The predicted molar refractivity (Wildman–Crippen MR) is 96.3 cm³/mol. The van der Waals surface area contributed by atoms with Crippen molar-refractivity contribution in [2.75, 3.05) is 19.6 Å². The number of amides is 1. The number of aromatic amines is 1. The van der Waals surface area contributed by atoms with E-state index in [0.717, 1.165) is 18.8 Å². The van der Waals surface area contributed by atoms with Crippen molar-refractivity contribution in [2.45, 2.75) is 39.4 Å². The highest BCUT2D eigenvalue weighted by Gasteiger charge is 2.26. The SMILES string of the molecule is CC(=O)c1cc(C(=O)N2CCn3c(nc(CN4CCCC4)cc3=O)C2)[nH]n1. The molecule has 1 saturated heterocycles. The number of hydrogen-bond donors (Lipinski definition) is 1. The van der Waals surface area contributed by atoms with Crippen LogP contribution in [-0.2, 0) is 19.6 Å². The van der Waals surface area contributed by atoms with E-state index in [1.54, 1.807) is 15.5 Å². The van der Waals surface area contributed by atoms with Crippen LogP contribution in [0.25, 0.3) is 0 Å². The highest BCUT2D eigenvalue weighted by Crippen LogP contribution is 2.15. The van der Waals surface area contributed by atoms with Gasteiger partial charge in [-0.05, 0) is 32.0 Å². The molecule has 9 heteroatoms. The van der Waals surface area contributed by atoms with E-state index in [1.165, 1.54) is 25.8 Å². The van der Waals surface area contributed by atoms with Crippen molar-refractivity contribution >= 4 is 11.7 Å². The Morgan fingerprint density at radius 1 is 1.15 bits per heavy atom. The third-order valence-corrected chi connectivity index (χ3v) is 5.11. The van der Waals surface area contributed by atoms with Gasteiger partial charge in [0.1, 0.15) is 17.2 Å². The molecular formula is C18H22N6O3. The third kappa shape index (κ3) is 3.55. The van der Waals surface area contributed by atoms with Gasteiger partial charge in [0.25, 0.3) is 11.5 Å². The van der Waals surface area contributed by atoms with Crippen molar-refractivity contribution in [1.82, 2.24) is 29.5 Å². The van der Waals surface area contributed by atoms with Gasteiger partial charge in [0.2, 0.25) is 0 Å². The van der Waals surface area contributed by atoms with Gasteiger partial charge < -0.3 is 4.90 Å². The van der Waals surface area contributed by atoms with E-state index >= 15 is 0 Å². The Morgan fingerprint density at radius 3 is 2.63 bits per heavy atom. The number of likely N-dealkylation sites (tertiary alicyclic amines) is 1. The van der Waals surface area contributed by atoms with E-state index in [4.69, 9.17) is 0 Å². The lowest BCUT2D eigenvalue weighted by atomic mass is 10.2. The second-order valence-electron chi connectivity index (χ2n) is 7.09. The smallest absolute Gasteiger partial charge is 0.272 e. The number of nitrogens with zero attached hydrogens (tertiary/aromatic N) is 5. The Balaban J connectivity index is 1.54. The van der Waals surface area contributed by atoms with Crippen LogP contribution < -0.4 is 5.56 Å². The summed E-state index contributed by atoms with van der Waals surface area (Å²) >= 11 is 0. The number of Topliss-reactive ketones (excluding diaryl/α,β-unsaturated/α-hetero) is 1. The first-order chi connectivity index (χ1) is 13.0. The summed E-state index contributed by atoms with van der Waals surface area (Å²) in [6.07, 6.45) is 2.36. The second-order valence-corrected chi connectivity index (χ2v) is 7.09. The average Bonchev–Trinajstić information content (AvgIpc) is 3.32. The summed E-state index contributed by atoms with van der Waals surface area (Å²) in [5.41, 5.74) is 1.19. The van der Waals surface area contributed by atoms with Crippen molar-refractivity contribution in [3.63, 3.8) is 0 Å². The molecule has 0 unspecified atom stereocenters. The van der Waals surface area contributed by atoms with E-state index in [9.17, 15) is 14.4 Å². The Kier molecular flexibility index (Phi) is 4.61. The number of rotatable bonds is 4. The van der Waals surface area contributed by atoms with Gasteiger partial charge in [-0.25, -0.2) is 4.98 Å². The molecule has 2 aromatic heterocycles. The minimum atomic E-state index is -0.250. The molecule has 0 bridgehead atoms. The number of nitrogens with one attached hydrogen (secondary N) is 1. The summed E-state index contributed by atoms with van der Waals surface area (Å²) in [4.78, 5) is 45.1. The molecule has 2 aliphatic heterocycles. The van der Waals surface area contributed by atoms with Crippen molar-refractivity contribution in [3.05, 3.63) is 45.4 Å². The second kappa shape index (κ2) is 7.07. The van der Waals surface area contributed by atoms with Crippen molar-refractivity contribution in [2.24, 2.45) is 0 Å². The monoisotopic (exact) mass is 370 g/mol. The molecule has 142 valence electrons. The maximum Gasteiger partial charge on any atom is 0.272 e. The van der Waals surface area contributed by atoms with Crippen LogP contribution in [0.5, 0.6) is 0 Å². The third-order valence-electron chi connectivity index (χ3n) is 5.11. The molecule has 27 heavy (non-hydrogen) atoms. The molecule has 1 N–H and O–H groups in total. The minimum absolute atomic E-state index is 0.0679. The zero-order valence-electron chi connectivity index (χ0n) is 15.3. The maximum atomic E-state index is 12.7. The number of fused-ring (bicyclic) bond motifs is 1. The lowest BCUT2D eigenvalue weighted by Gasteiger charge is -2.29. The topological polar surface area (TPSA) is 104 Å². The molecule has 0 aromatic carbocycles. The Morgan fingerprint density at radius 2 is 1.93 bits per heavy atom. The molecule has 4 rings (SSSR count). The fourth-order valence-electron chi connectivity index (χ4n) is 3.64. The first-order valence-electron chi connectivity index (χ1n) is 9.19. The number of hydrogen-bond acceptors (Lipinski definition) is 6. The lowest BCUT2D eigenvalue weighted by Crippen LogP contribution is -2.43. The summed E-state index contributed by atoms with van der Waals surface area (Å²) in [6.45, 7) is 5.21. The van der Waals surface area contributed by atoms with Crippen LogP contribution in [0.3, 0.4) is 0 Å². The molecule has 2 aromatic rings. The molecule has 0 spiro atoms. The fraction of sp³-hybridized carbons (Fsp3) is 0.500. The average molecular weight is 370 g/mol. The van der Waals surface area contributed by atoms with Gasteiger partial charge in [0.15, 0.2) is 5.78 Å². The highest BCUT2D eigenvalue weighted by atomic mass is 16.2. The van der Waals surface area contributed by atoms with Crippen molar-refractivity contribution < 1.29 is 9.59 Å². The zero-order valence-corrected chi connectivity index (χ0v) is 15.3. The molecular weight excluding hydrogens is 348 g/mol. The van der Waals surface area contributed by atoms with Crippen LogP contribution in [0.2, 0.25) is 0 Å². The summed E-state index contributed by atoms with van der Waals surface area (Å²) in [6, 6.07) is 3.07. The summed E-state index contributed by atoms with van der Waals surface area (Å²) in [5, 5.41) is 6.48. The molecule has 0 radical (unpaired) electrons. The molecule has 0 atom stereocenters. The van der Waals surface area contributed by atoms with Crippen LogP contribution in [0.1, 0.15) is 52.3 Å². The van der Waals surface area contributed by atoms with Gasteiger partial charge in [-0.3, -0.25) is 28.9 Å².